The summed E-state index contributed by atoms with van der Waals surface area (Å²) in [5.41, 5.74) is 0.687. The molecule has 2 rings (SSSR count). The average Bonchev–Trinajstić information content (AvgIpc) is 2.77. The van der Waals surface area contributed by atoms with Gasteiger partial charge in [-0.3, -0.25) is 0 Å². The van der Waals surface area contributed by atoms with Gasteiger partial charge in [-0.1, -0.05) is 5.16 Å². The van der Waals surface area contributed by atoms with Crippen LogP contribution in [0.2, 0.25) is 0 Å². The molecular formula is C12H13BrFN3O. The molecule has 18 heavy (non-hydrogen) atoms. The zero-order valence-corrected chi connectivity index (χ0v) is 11.7. The topological polar surface area (TPSA) is 51.0 Å². The van der Waals surface area contributed by atoms with Crippen molar-refractivity contribution < 1.29 is 8.91 Å². The molecule has 1 aromatic carbocycles. The van der Waals surface area contributed by atoms with Gasteiger partial charge in [0.2, 0.25) is 0 Å². The Balaban J connectivity index is 2.24. The van der Waals surface area contributed by atoms with Gasteiger partial charge in [0, 0.05) is 16.9 Å². The first-order valence-corrected chi connectivity index (χ1v) is 6.34. The Hall–Kier alpha value is -1.27. The van der Waals surface area contributed by atoms with Crippen molar-refractivity contribution in [3.63, 3.8) is 0 Å². The molecule has 1 unspecified atom stereocenters. The van der Waals surface area contributed by atoms with Crippen LogP contribution in [0.4, 0.5) is 4.39 Å². The molecule has 0 aliphatic rings. The summed E-state index contributed by atoms with van der Waals surface area (Å²) in [5, 5.41) is 7.00. The van der Waals surface area contributed by atoms with Crippen LogP contribution in [0.15, 0.2) is 27.2 Å². The minimum atomic E-state index is -0.311. The van der Waals surface area contributed by atoms with Crippen molar-refractivity contribution in [2.75, 3.05) is 7.05 Å². The van der Waals surface area contributed by atoms with Crippen molar-refractivity contribution >= 4 is 15.9 Å². The van der Waals surface area contributed by atoms with E-state index in [2.05, 4.69) is 31.4 Å². The molecular weight excluding hydrogens is 301 g/mol. The van der Waals surface area contributed by atoms with Gasteiger partial charge >= 0.3 is 0 Å². The summed E-state index contributed by atoms with van der Waals surface area (Å²) in [6.07, 6.45) is 0.679. The fraction of sp³-hybridized carbons (Fsp3) is 0.333. The number of aromatic nitrogens is 2. The van der Waals surface area contributed by atoms with Crippen LogP contribution in [0.5, 0.6) is 0 Å². The maximum atomic E-state index is 13.0. The fourth-order valence-corrected chi connectivity index (χ4v) is 2.01. The molecule has 0 amide bonds. The van der Waals surface area contributed by atoms with E-state index in [-0.39, 0.29) is 11.9 Å². The van der Waals surface area contributed by atoms with E-state index in [9.17, 15) is 4.39 Å². The lowest BCUT2D eigenvalue weighted by Crippen LogP contribution is -2.24. The van der Waals surface area contributed by atoms with Gasteiger partial charge in [-0.2, -0.15) is 4.98 Å². The summed E-state index contributed by atoms with van der Waals surface area (Å²) in [6.45, 7) is 2.03. The van der Waals surface area contributed by atoms with E-state index in [1.807, 2.05) is 14.0 Å². The maximum absolute atomic E-state index is 13.0. The lowest BCUT2D eigenvalue weighted by molar-refractivity contribution is 0.418. The zero-order chi connectivity index (χ0) is 13.1. The van der Waals surface area contributed by atoms with Gasteiger partial charge in [-0.25, -0.2) is 4.39 Å². The van der Waals surface area contributed by atoms with Gasteiger partial charge in [0.25, 0.3) is 5.89 Å². The Bertz CT molecular complexity index is 544. The van der Waals surface area contributed by atoms with Gasteiger partial charge in [-0.15, -0.1) is 0 Å². The Morgan fingerprint density at radius 1 is 1.50 bits per heavy atom. The van der Waals surface area contributed by atoms with E-state index in [0.29, 0.717) is 28.2 Å². The highest BCUT2D eigenvalue weighted by atomic mass is 79.9. The van der Waals surface area contributed by atoms with Gasteiger partial charge in [0.05, 0.1) is 5.56 Å². The molecule has 0 fully saturated rings. The molecule has 6 heteroatoms. The van der Waals surface area contributed by atoms with E-state index in [1.54, 1.807) is 6.07 Å². The van der Waals surface area contributed by atoms with Crippen LogP contribution in [0.3, 0.4) is 0 Å². The molecule has 1 atom stereocenters. The normalized spacial score (nSPS) is 12.7. The molecule has 0 aliphatic heterocycles. The molecule has 4 nitrogen and oxygen atoms in total. The third kappa shape index (κ3) is 2.94. The Labute approximate surface area is 113 Å². The molecule has 1 heterocycles. The van der Waals surface area contributed by atoms with E-state index < -0.39 is 0 Å². The number of likely N-dealkylation sites (N-methyl/N-ethyl adjacent to an activating group) is 1. The molecule has 0 saturated carbocycles. The summed E-state index contributed by atoms with van der Waals surface area (Å²) in [4.78, 5) is 4.29. The van der Waals surface area contributed by atoms with Crippen molar-refractivity contribution in [1.29, 1.82) is 0 Å². The van der Waals surface area contributed by atoms with Crippen molar-refractivity contribution in [1.82, 2.24) is 15.5 Å². The van der Waals surface area contributed by atoms with E-state index in [0.717, 1.165) is 0 Å². The maximum Gasteiger partial charge on any atom is 0.259 e. The minimum absolute atomic E-state index is 0.270. The van der Waals surface area contributed by atoms with E-state index in [4.69, 9.17) is 4.52 Å². The molecule has 0 saturated heterocycles. The van der Waals surface area contributed by atoms with Crippen LogP contribution >= 0.6 is 15.9 Å². The minimum Gasteiger partial charge on any atom is -0.334 e. The molecule has 0 radical (unpaired) electrons. The van der Waals surface area contributed by atoms with Crippen molar-refractivity contribution in [2.24, 2.45) is 0 Å². The fourth-order valence-electron chi connectivity index (χ4n) is 1.49. The number of hydrogen-bond donors (Lipinski definition) is 1. The molecule has 2 aromatic rings. The van der Waals surface area contributed by atoms with Crippen LogP contribution in [0, 0.1) is 5.82 Å². The average molecular weight is 314 g/mol. The molecule has 0 bridgehead atoms. The van der Waals surface area contributed by atoms with E-state index in [1.165, 1.54) is 12.1 Å². The Morgan fingerprint density at radius 3 is 2.94 bits per heavy atom. The van der Waals surface area contributed by atoms with Crippen LogP contribution in [-0.2, 0) is 6.42 Å². The monoisotopic (exact) mass is 313 g/mol. The summed E-state index contributed by atoms with van der Waals surface area (Å²) in [7, 11) is 1.88. The molecule has 96 valence electrons. The van der Waals surface area contributed by atoms with Crippen LogP contribution < -0.4 is 5.32 Å². The van der Waals surface area contributed by atoms with Gasteiger partial charge < -0.3 is 9.84 Å². The third-order valence-corrected chi connectivity index (χ3v) is 3.27. The first-order valence-electron chi connectivity index (χ1n) is 5.55. The number of hydrogen-bond acceptors (Lipinski definition) is 4. The van der Waals surface area contributed by atoms with Crippen molar-refractivity contribution in [3.8, 4) is 11.5 Å². The first-order chi connectivity index (χ1) is 8.60. The summed E-state index contributed by atoms with van der Waals surface area (Å²) >= 11 is 3.28. The third-order valence-electron chi connectivity index (χ3n) is 2.61. The standard InChI is InChI=1S/C12H13BrFN3O/c1-7(15-2)5-11-16-12(18-17-11)9-4-3-8(14)6-10(9)13/h3-4,6-7,15H,5H2,1-2H3. The quantitative estimate of drug-likeness (QED) is 0.943. The second-order valence-electron chi connectivity index (χ2n) is 4.03. The Kier molecular flexibility index (Phi) is 4.08. The second kappa shape index (κ2) is 5.58. The van der Waals surface area contributed by atoms with Crippen LogP contribution in [0.1, 0.15) is 12.7 Å². The van der Waals surface area contributed by atoms with Crippen molar-refractivity contribution in [2.45, 2.75) is 19.4 Å². The van der Waals surface area contributed by atoms with Crippen molar-refractivity contribution in [3.05, 3.63) is 34.3 Å². The second-order valence-corrected chi connectivity index (χ2v) is 4.89. The summed E-state index contributed by atoms with van der Waals surface area (Å²) in [5.74, 6) is 0.706. The lowest BCUT2D eigenvalue weighted by Gasteiger charge is -2.04. The number of halogens is 2. The highest BCUT2D eigenvalue weighted by molar-refractivity contribution is 9.10. The first kappa shape index (κ1) is 13.2. The molecule has 1 N–H and O–H groups in total. The van der Waals surface area contributed by atoms with Crippen LogP contribution in [-0.4, -0.2) is 23.2 Å². The number of nitrogens with zero attached hydrogens (tertiary/aromatic N) is 2. The zero-order valence-electron chi connectivity index (χ0n) is 10.1. The smallest absolute Gasteiger partial charge is 0.259 e. The van der Waals surface area contributed by atoms with Gasteiger partial charge in [0.1, 0.15) is 5.82 Å². The molecule has 0 aliphatic carbocycles. The SMILES string of the molecule is CNC(C)Cc1noc(-c2ccc(F)cc2Br)n1. The lowest BCUT2D eigenvalue weighted by atomic mass is 10.2. The number of benzene rings is 1. The highest BCUT2D eigenvalue weighted by Gasteiger charge is 2.13. The van der Waals surface area contributed by atoms with Crippen LogP contribution in [0.25, 0.3) is 11.5 Å². The highest BCUT2D eigenvalue weighted by Crippen LogP contribution is 2.27. The molecule has 1 aromatic heterocycles. The Morgan fingerprint density at radius 2 is 2.28 bits per heavy atom. The van der Waals surface area contributed by atoms with Gasteiger partial charge in [0.15, 0.2) is 5.82 Å². The summed E-state index contributed by atoms with van der Waals surface area (Å²) < 4.78 is 18.8. The molecule has 0 spiro atoms. The largest absolute Gasteiger partial charge is 0.334 e. The number of rotatable bonds is 4. The number of nitrogens with one attached hydrogen (secondary N) is 1. The summed E-state index contributed by atoms with van der Waals surface area (Å²) in [6, 6.07) is 4.61. The van der Waals surface area contributed by atoms with E-state index >= 15 is 0 Å². The predicted molar refractivity (Wildman–Crippen MR) is 69.6 cm³/mol. The predicted octanol–water partition coefficient (Wildman–Crippen LogP) is 2.79. The van der Waals surface area contributed by atoms with Gasteiger partial charge in [-0.05, 0) is 48.1 Å².